The maximum Gasteiger partial charge on any atom is 0.0316 e. The van der Waals surface area contributed by atoms with Crippen molar-refractivity contribution in [1.82, 2.24) is 0 Å². The van der Waals surface area contributed by atoms with Gasteiger partial charge in [0.05, 0.1) is 0 Å². The van der Waals surface area contributed by atoms with Crippen molar-refractivity contribution in [2.24, 2.45) is 5.92 Å². The van der Waals surface area contributed by atoms with Crippen molar-refractivity contribution < 1.29 is 0 Å². The molecule has 0 bridgehead atoms. The molecule has 1 aliphatic rings. The minimum Gasteiger partial charge on any atom is -0.399 e. The van der Waals surface area contributed by atoms with Gasteiger partial charge in [0.1, 0.15) is 0 Å². The highest BCUT2D eigenvalue weighted by Gasteiger charge is 2.41. The van der Waals surface area contributed by atoms with Crippen LogP contribution in [0.25, 0.3) is 0 Å². The predicted octanol–water partition coefficient (Wildman–Crippen LogP) is 14.3. The summed E-state index contributed by atoms with van der Waals surface area (Å²) in [6, 6.07) is 33.2. The van der Waals surface area contributed by atoms with Gasteiger partial charge in [-0.25, -0.2) is 0 Å². The van der Waals surface area contributed by atoms with E-state index in [2.05, 4.69) is 120 Å². The van der Waals surface area contributed by atoms with E-state index in [0.717, 1.165) is 11.4 Å². The molecule has 5 rings (SSSR count). The summed E-state index contributed by atoms with van der Waals surface area (Å²) in [7, 11) is 0. The lowest BCUT2D eigenvalue weighted by Crippen LogP contribution is -2.38. The first kappa shape index (κ1) is 39.7. The number of benzene rings is 4. The van der Waals surface area contributed by atoms with Crippen LogP contribution in [0.2, 0.25) is 0 Å². The Hall–Kier alpha value is -3.52. The molecule has 0 amide bonds. The van der Waals surface area contributed by atoms with Crippen LogP contribution in [-0.2, 0) is 5.41 Å². The molecule has 52 heavy (non-hydrogen) atoms. The smallest absolute Gasteiger partial charge is 0.0316 e. The third kappa shape index (κ3) is 9.52. The molecule has 0 aliphatic heterocycles. The average Bonchev–Trinajstić information content (AvgIpc) is 3.15. The summed E-state index contributed by atoms with van der Waals surface area (Å²) in [6.45, 7) is 11.5. The summed E-state index contributed by atoms with van der Waals surface area (Å²) in [5.41, 5.74) is 25.6. The summed E-state index contributed by atoms with van der Waals surface area (Å²) < 4.78 is 0. The Kier molecular flexibility index (Phi) is 14.9. The molecular formula is C50H70N2. The Balaban J connectivity index is 1.54. The van der Waals surface area contributed by atoms with E-state index in [1.807, 2.05) is 0 Å². The number of nitrogens with two attached hydrogens (primary N) is 2. The standard InChI is InChI=1S/C50H70N2/c1-6-9-11-16-20-48(46-32-30-44(51)35-37(46)4)39-22-26-42(27-23-39)50(34-8-3,41-18-14-13-15-19-41)43-28-24-40(25-29-43)49(21-17-12-10-7-2)47-33-31-45(52)36-38(47)5/h22-33,35-36,41,48-49H,6-21,34,51-52H2,1-5H3. The van der Waals surface area contributed by atoms with Gasteiger partial charge in [0.2, 0.25) is 0 Å². The predicted molar refractivity (Wildman–Crippen MR) is 228 cm³/mol. The zero-order valence-corrected chi connectivity index (χ0v) is 33.5. The van der Waals surface area contributed by atoms with E-state index in [1.165, 1.54) is 154 Å². The molecule has 4 N–H and O–H groups in total. The van der Waals surface area contributed by atoms with E-state index >= 15 is 0 Å². The maximum atomic E-state index is 6.22. The second kappa shape index (κ2) is 19.5. The molecule has 2 atom stereocenters. The lowest BCUT2D eigenvalue weighted by molar-refractivity contribution is 0.224. The highest BCUT2D eigenvalue weighted by Crippen LogP contribution is 2.50. The first-order chi connectivity index (χ1) is 25.3. The molecule has 0 heterocycles. The number of hydrogen-bond donors (Lipinski definition) is 2. The second-order valence-electron chi connectivity index (χ2n) is 16.3. The van der Waals surface area contributed by atoms with Crippen LogP contribution in [0.3, 0.4) is 0 Å². The molecular weight excluding hydrogens is 629 g/mol. The quantitative estimate of drug-likeness (QED) is 0.0756. The highest BCUT2D eigenvalue weighted by atomic mass is 14.5. The van der Waals surface area contributed by atoms with Crippen molar-refractivity contribution >= 4 is 11.4 Å². The van der Waals surface area contributed by atoms with Crippen LogP contribution in [-0.4, -0.2) is 0 Å². The third-order valence-electron chi connectivity index (χ3n) is 12.6. The van der Waals surface area contributed by atoms with Crippen LogP contribution < -0.4 is 11.5 Å². The van der Waals surface area contributed by atoms with Crippen molar-refractivity contribution in [2.75, 3.05) is 11.5 Å². The SMILES string of the molecule is CCCCCCC(c1ccc(C(CCC)(c2ccc(C(CCCCCC)c3ccc(N)cc3C)cc2)C2CCCCC2)cc1)c1ccc(N)cc1C. The number of aryl methyl sites for hydroxylation is 2. The Morgan fingerprint density at radius 2 is 0.981 bits per heavy atom. The number of rotatable bonds is 19. The minimum atomic E-state index is 0.0215. The van der Waals surface area contributed by atoms with Crippen LogP contribution in [0.5, 0.6) is 0 Å². The molecule has 0 spiro atoms. The summed E-state index contributed by atoms with van der Waals surface area (Å²) in [5, 5.41) is 0. The third-order valence-corrected chi connectivity index (χ3v) is 12.6. The molecule has 4 aromatic carbocycles. The van der Waals surface area contributed by atoms with Crippen molar-refractivity contribution in [1.29, 1.82) is 0 Å². The van der Waals surface area contributed by atoms with Crippen LogP contribution in [0.1, 0.15) is 186 Å². The average molecular weight is 699 g/mol. The molecule has 4 aromatic rings. The lowest BCUT2D eigenvalue weighted by atomic mass is 9.59. The van der Waals surface area contributed by atoms with E-state index in [1.54, 1.807) is 0 Å². The van der Waals surface area contributed by atoms with Crippen LogP contribution >= 0.6 is 0 Å². The van der Waals surface area contributed by atoms with Gasteiger partial charge in [-0.1, -0.05) is 158 Å². The Labute approximate surface area is 318 Å². The summed E-state index contributed by atoms with van der Waals surface area (Å²) >= 11 is 0. The van der Waals surface area contributed by atoms with Gasteiger partial charge >= 0.3 is 0 Å². The molecule has 1 aliphatic carbocycles. The van der Waals surface area contributed by atoms with Gasteiger partial charge in [0.25, 0.3) is 0 Å². The Morgan fingerprint density at radius 1 is 0.538 bits per heavy atom. The zero-order valence-electron chi connectivity index (χ0n) is 33.5. The largest absolute Gasteiger partial charge is 0.399 e. The van der Waals surface area contributed by atoms with Gasteiger partial charge < -0.3 is 11.5 Å². The molecule has 1 saturated carbocycles. The topological polar surface area (TPSA) is 52.0 Å². The van der Waals surface area contributed by atoms with Gasteiger partial charge in [-0.05, 0) is 121 Å². The van der Waals surface area contributed by atoms with E-state index in [-0.39, 0.29) is 5.41 Å². The first-order valence-corrected chi connectivity index (χ1v) is 21.2. The summed E-state index contributed by atoms with van der Waals surface area (Å²) in [4.78, 5) is 0. The van der Waals surface area contributed by atoms with Crippen LogP contribution in [0.15, 0.2) is 84.9 Å². The Bertz CT molecular complexity index is 1530. The lowest BCUT2D eigenvalue weighted by Gasteiger charge is -2.44. The highest BCUT2D eigenvalue weighted by molar-refractivity contribution is 5.51. The molecule has 1 fully saturated rings. The van der Waals surface area contributed by atoms with Crippen LogP contribution in [0, 0.1) is 19.8 Å². The fraction of sp³-hybridized carbons (Fsp3) is 0.520. The molecule has 0 aromatic heterocycles. The van der Waals surface area contributed by atoms with Gasteiger partial charge in [-0.15, -0.1) is 0 Å². The molecule has 280 valence electrons. The minimum absolute atomic E-state index is 0.0215. The summed E-state index contributed by atoms with van der Waals surface area (Å²) in [5.74, 6) is 1.45. The maximum absolute atomic E-state index is 6.22. The zero-order chi connectivity index (χ0) is 36.9. The van der Waals surface area contributed by atoms with Gasteiger partial charge in [0.15, 0.2) is 0 Å². The van der Waals surface area contributed by atoms with Gasteiger partial charge in [-0.2, -0.15) is 0 Å². The normalized spacial score (nSPS) is 16.0. The van der Waals surface area contributed by atoms with E-state index < -0.39 is 0 Å². The number of unbranched alkanes of at least 4 members (excludes halogenated alkanes) is 6. The molecule has 2 heteroatoms. The number of nitrogen functional groups attached to an aromatic ring is 2. The second-order valence-corrected chi connectivity index (χ2v) is 16.3. The molecule has 0 radical (unpaired) electrons. The van der Waals surface area contributed by atoms with E-state index in [4.69, 9.17) is 11.5 Å². The molecule has 0 saturated heterocycles. The number of hydrogen-bond acceptors (Lipinski definition) is 2. The first-order valence-electron chi connectivity index (χ1n) is 21.2. The fourth-order valence-corrected chi connectivity index (χ4v) is 9.88. The molecule has 2 unspecified atom stereocenters. The van der Waals surface area contributed by atoms with E-state index in [0.29, 0.717) is 17.8 Å². The van der Waals surface area contributed by atoms with E-state index in [9.17, 15) is 0 Å². The van der Waals surface area contributed by atoms with Crippen molar-refractivity contribution in [3.05, 3.63) is 129 Å². The fourth-order valence-electron chi connectivity index (χ4n) is 9.88. The van der Waals surface area contributed by atoms with Crippen molar-refractivity contribution in [2.45, 2.75) is 161 Å². The monoisotopic (exact) mass is 699 g/mol. The number of anilines is 2. The summed E-state index contributed by atoms with van der Waals surface area (Å²) in [6.07, 6.45) is 21.7. The van der Waals surface area contributed by atoms with Crippen molar-refractivity contribution in [3.8, 4) is 0 Å². The Morgan fingerprint density at radius 3 is 1.37 bits per heavy atom. The van der Waals surface area contributed by atoms with Crippen LogP contribution in [0.4, 0.5) is 11.4 Å². The van der Waals surface area contributed by atoms with Gasteiger partial charge in [0, 0.05) is 28.6 Å². The van der Waals surface area contributed by atoms with Gasteiger partial charge in [-0.3, -0.25) is 0 Å². The molecule has 2 nitrogen and oxygen atoms in total. The van der Waals surface area contributed by atoms with Crippen molar-refractivity contribution in [3.63, 3.8) is 0 Å².